The van der Waals surface area contributed by atoms with Gasteiger partial charge in [0, 0.05) is 16.8 Å². The standard InChI is InChI=1S/C9H13BrN2S/c1-7-8(10)3-4-9(12-7)11-5-6-13-2/h3-4H,5-6H2,1-2H3,(H,11,12). The topological polar surface area (TPSA) is 24.9 Å². The van der Waals surface area contributed by atoms with E-state index >= 15 is 0 Å². The van der Waals surface area contributed by atoms with Crippen LogP contribution in [0.1, 0.15) is 5.69 Å². The zero-order valence-electron chi connectivity index (χ0n) is 7.80. The van der Waals surface area contributed by atoms with Crippen LogP contribution in [0.5, 0.6) is 0 Å². The number of nitrogens with one attached hydrogen (secondary N) is 1. The van der Waals surface area contributed by atoms with E-state index in [4.69, 9.17) is 0 Å². The maximum atomic E-state index is 4.38. The zero-order chi connectivity index (χ0) is 9.68. The Morgan fingerprint density at radius 2 is 2.31 bits per heavy atom. The fraction of sp³-hybridized carbons (Fsp3) is 0.444. The van der Waals surface area contributed by atoms with Crippen molar-refractivity contribution in [1.82, 2.24) is 4.98 Å². The minimum absolute atomic E-state index is 0.953. The van der Waals surface area contributed by atoms with Gasteiger partial charge in [-0.15, -0.1) is 0 Å². The lowest BCUT2D eigenvalue weighted by atomic mass is 10.4. The molecule has 72 valence electrons. The van der Waals surface area contributed by atoms with Crippen molar-refractivity contribution < 1.29 is 0 Å². The Labute approximate surface area is 91.7 Å². The van der Waals surface area contributed by atoms with Crippen LogP contribution >= 0.6 is 27.7 Å². The largest absolute Gasteiger partial charge is 0.369 e. The predicted molar refractivity (Wildman–Crippen MR) is 63.5 cm³/mol. The minimum Gasteiger partial charge on any atom is -0.369 e. The lowest BCUT2D eigenvalue weighted by Gasteiger charge is -2.05. The number of rotatable bonds is 4. The first-order valence-corrected chi connectivity index (χ1v) is 6.28. The molecule has 1 rings (SSSR count). The van der Waals surface area contributed by atoms with Crippen molar-refractivity contribution in [3.63, 3.8) is 0 Å². The molecule has 0 atom stereocenters. The summed E-state index contributed by atoms with van der Waals surface area (Å²) in [5, 5.41) is 3.26. The van der Waals surface area contributed by atoms with Gasteiger partial charge in [-0.1, -0.05) is 0 Å². The second-order valence-electron chi connectivity index (χ2n) is 2.68. The molecule has 0 bridgehead atoms. The van der Waals surface area contributed by atoms with Gasteiger partial charge in [-0.25, -0.2) is 4.98 Å². The number of nitrogens with zero attached hydrogens (tertiary/aromatic N) is 1. The van der Waals surface area contributed by atoms with Gasteiger partial charge in [-0.3, -0.25) is 0 Å². The first-order chi connectivity index (χ1) is 6.24. The molecule has 1 aromatic rings. The molecule has 0 aliphatic carbocycles. The van der Waals surface area contributed by atoms with Crippen LogP contribution in [0, 0.1) is 6.92 Å². The third kappa shape index (κ3) is 3.56. The van der Waals surface area contributed by atoms with Crippen molar-refractivity contribution >= 4 is 33.5 Å². The smallest absolute Gasteiger partial charge is 0.126 e. The molecule has 0 aromatic carbocycles. The second-order valence-corrected chi connectivity index (χ2v) is 4.52. The summed E-state index contributed by atoms with van der Waals surface area (Å²) in [7, 11) is 0. The fourth-order valence-electron chi connectivity index (χ4n) is 0.924. The van der Waals surface area contributed by atoms with Gasteiger partial charge in [0.05, 0.1) is 5.69 Å². The number of thioether (sulfide) groups is 1. The maximum absolute atomic E-state index is 4.38. The molecular formula is C9H13BrN2S. The van der Waals surface area contributed by atoms with Crippen LogP contribution < -0.4 is 5.32 Å². The lowest BCUT2D eigenvalue weighted by molar-refractivity contribution is 1.12. The third-order valence-corrected chi connectivity index (χ3v) is 3.08. The normalized spacial score (nSPS) is 10.1. The molecule has 1 heterocycles. The summed E-state index contributed by atoms with van der Waals surface area (Å²) in [6, 6.07) is 4.00. The molecule has 0 saturated heterocycles. The molecule has 13 heavy (non-hydrogen) atoms. The molecule has 0 amide bonds. The van der Waals surface area contributed by atoms with Crippen LogP contribution in [0.15, 0.2) is 16.6 Å². The van der Waals surface area contributed by atoms with Gasteiger partial charge in [0.25, 0.3) is 0 Å². The van der Waals surface area contributed by atoms with Gasteiger partial charge in [0.2, 0.25) is 0 Å². The average molecular weight is 261 g/mol. The SMILES string of the molecule is CSCCNc1ccc(Br)c(C)n1. The first kappa shape index (κ1) is 10.9. The Bertz CT molecular complexity index is 278. The Hall–Kier alpha value is -0.220. The molecule has 2 nitrogen and oxygen atoms in total. The van der Waals surface area contributed by atoms with E-state index < -0.39 is 0 Å². The number of halogens is 1. The van der Waals surface area contributed by atoms with Gasteiger partial charge in [-0.05, 0) is 41.2 Å². The van der Waals surface area contributed by atoms with Gasteiger partial charge in [0.1, 0.15) is 5.82 Å². The highest BCUT2D eigenvalue weighted by Gasteiger charge is 1.97. The Morgan fingerprint density at radius 1 is 1.54 bits per heavy atom. The summed E-state index contributed by atoms with van der Waals surface area (Å²) in [4.78, 5) is 4.38. The van der Waals surface area contributed by atoms with E-state index in [-0.39, 0.29) is 0 Å². The third-order valence-electron chi connectivity index (χ3n) is 1.63. The molecule has 0 fully saturated rings. The van der Waals surface area contributed by atoms with E-state index in [1.165, 1.54) is 0 Å². The highest BCUT2D eigenvalue weighted by atomic mass is 79.9. The number of pyridine rings is 1. The summed E-state index contributed by atoms with van der Waals surface area (Å²) >= 11 is 5.25. The quantitative estimate of drug-likeness (QED) is 0.843. The van der Waals surface area contributed by atoms with Gasteiger partial charge < -0.3 is 5.32 Å². The van der Waals surface area contributed by atoms with E-state index in [0.717, 1.165) is 28.3 Å². The van der Waals surface area contributed by atoms with E-state index in [1.54, 1.807) is 0 Å². The van der Waals surface area contributed by atoms with E-state index in [1.807, 2.05) is 30.8 Å². The van der Waals surface area contributed by atoms with E-state index in [9.17, 15) is 0 Å². The van der Waals surface area contributed by atoms with Crippen molar-refractivity contribution in [2.75, 3.05) is 23.9 Å². The number of hydrogen-bond donors (Lipinski definition) is 1. The summed E-state index contributed by atoms with van der Waals surface area (Å²) in [6.45, 7) is 2.96. The zero-order valence-corrected chi connectivity index (χ0v) is 10.2. The molecule has 0 spiro atoms. The number of anilines is 1. The molecule has 4 heteroatoms. The monoisotopic (exact) mass is 260 g/mol. The summed E-state index contributed by atoms with van der Waals surface area (Å²) in [5.74, 6) is 2.06. The predicted octanol–water partition coefficient (Wildman–Crippen LogP) is 2.93. The van der Waals surface area contributed by atoms with E-state index in [2.05, 4.69) is 32.5 Å². The van der Waals surface area contributed by atoms with Crippen molar-refractivity contribution in [1.29, 1.82) is 0 Å². The molecule has 1 aromatic heterocycles. The Kier molecular flexibility index (Phi) is 4.59. The maximum Gasteiger partial charge on any atom is 0.126 e. The number of aromatic nitrogens is 1. The molecule has 0 unspecified atom stereocenters. The van der Waals surface area contributed by atoms with Crippen LogP contribution in [-0.4, -0.2) is 23.5 Å². The van der Waals surface area contributed by atoms with Crippen LogP contribution in [0.2, 0.25) is 0 Å². The second kappa shape index (κ2) is 5.50. The summed E-state index contributed by atoms with van der Waals surface area (Å²) in [6.07, 6.45) is 2.10. The molecule has 0 aliphatic rings. The fourth-order valence-corrected chi connectivity index (χ4v) is 1.45. The van der Waals surface area contributed by atoms with Gasteiger partial charge in [-0.2, -0.15) is 11.8 Å². The molecular weight excluding hydrogens is 248 g/mol. The van der Waals surface area contributed by atoms with Crippen molar-refractivity contribution in [2.45, 2.75) is 6.92 Å². The van der Waals surface area contributed by atoms with Gasteiger partial charge >= 0.3 is 0 Å². The first-order valence-electron chi connectivity index (χ1n) is 4.10. The van der Waals surface area contributed by atoms with Crippen molar-refractivity contribution in [3.05, 3.63) is 22.3 Å². The summed E-state index contributed by atoms with van der Waals surface area (Å²) < 4.78 is 1.06. The molecule has 0 saturated carbocycles. The van der Waals surface area contributed by atoms with Crippen molar-refractivity contribution in [3.8, 4) is 0 Å². The molecule has 0 aliphatic heterocycles. The Balaban J connectivity index is 2.53. The number of hydrogen-bond acceptors (Lipinski definition) is 3. The lowest BCUT2D eigenvalue weighted by Crippen LogP contribution is -2.05. The Morgan fingerprint density at radius 3 is 2.92 bits per heavy atom. The average Bonchev–Trinajstić information content (AvgIpc) is 2.12. The van der Waals surface area contributed by atoms with E-state index in [0.29, 0.717) is 0 Å². The minimum atomic E-state index is 0.953. The molecule has 0 radical (unpaired) electrons. The highest BCUT2D eigenvalue weighted by Crippen LogP contribution is 2.15. The van der Waals surface area contributed by atoms with Crippen LogP contribution in [0.3, 0.4) is 0 Å². The van der Waals surface area contributed by atoms with Crippen molar-refractivity contribution in [2.24, 2.45) is 0 Å². The highest BCUT2D eigenvalue weighted by molar-refractivity contribution is 9.10. The van der Waals surface area contributed by atoms with Gasteiger partial charge in [0.15, 0.2) is 0 Å². The van der Waals surface area contributed by atoms with Crippen LogP contribution in [-0.2, 0) is 0 Å². The molecule has 1 N–H and O–H groups in total. The summed E-state index contributed by atoms with van der Waals surface area (Å²) in [5.41, 5.74) is 1.02. The van der Waals surface area contributed by atoms with Crippen LogP contribution in [0.25, 0.3) is 0 Å². The number of aryl methyl sites for hydroxylation is 1. The van der Waals surface area contributed by atoms with Crippen LogP contribution in [0.4, 0.5) is 5.82 Å².